The van der Waals surface area contributed by atoms with E-state index in [0.717, 1.165) is 17.9 Å². The first-order chi connectivity index (χ1) is 9.48. The maximum absolute atomic E-state index is 13.0. The average molecular weight is 301 g/mol. The number of hydrogen-bond acceptors (Lipinski definition) is 3. The van der Waals surface area contributed by atoms with E-state index in [9.17, 15) is 18.7 Å². The summed E-state index contributed by atoms with van der Waals surface area (Å²) in [6.07, 6.45) is 1.21. The summed E-state index contributed by atoms with van der Waals surface area (Å²) in [6, 6.07) is 3.62. The van der Waals surface area contributed by atoms with E-state index in [1.807, 2.05) is 0 Å². The van der Waals surface area contributed by atoms with Crippen LogP contribution in [0.1, 0.15) is 18.4 Å². The molecular formula is C14H17F2NO2S. The molecule has 0 bridgehead atoms. The molecule has 6 heteroatoms. The minimum absolute atomic E-state index is 0.189. The molecule has 2 rings (SSSR count). The Morgan fingerprint density at radius 2 is 2.20 bits per heavy atom. The third-order valence-corrected chi connectivity index (χ3v) is 4.56. The maximum atomic E-state index is 13.0. The van der Waals surface area contributed by atoms with Gasteiger partial charge in [-0.2, -0.15) is 11.8 Å². The predicted molar refractivity (Wildman–Crippen MR) is 74.6 cm³/mol. The van der Waals surface area contributed by atoms with Crippen molar-refractivity contribution in [3.8, 4) is 0 Å². The van der Waals surface area contributed by atoms with Gasteiger partial charge in [-0.15, -0.1) is 0 Å². The molecule has 1 fully saturated rings. The number of rotatable bonds is 5. The molecule has 1 aromatic rings. The van der Waals surface area contributed by atoms with Crippen molar-refractivity contribution < 1.29 is 18.7 Å². The Morgan fingerprint density at radius 3 is 2.85 bits per heavy atom. The molecule has 1 saturated heterocycles. The molecule has 110 valence electrons. The molecule has 1 amide bonds. The van der Waals surface area contributed by atoms with Gasteiger partial charge >= 0.3 is 0 Å². The van der Waals surface area contributed by atoms with E-state index in [-0.39, 0.29) is 18.9 Å². The number of hydrogen-bond donors (Lipinski definition) is 2. The molecule has 0 saturated carbocycles. The zero-order chi connectivity index (χ0) is 14.6. The van der Waals surface area contributed by atoms with Crippen LogP contribution in [-0.2, 0) is 11.2 Å². The monoisotopic (exact) mass is 301 g/mol. The molecule has 0 radical (unpaired) electrons. The van der Waals surface area contributed by atoms with Crippen LogP contribution in [0.15, 0.2) is 18.2 Å². The molecular weight excluding hydrogens is 284 g/mol. The van der Waals surface area contributed by atoms with Gasteiger partial charge in [0.15, 0.2) is 11.6 Å². The number of halogens is 2. The van der Waals surface area contributed by atoms with E-state index in [0.29, 0.717) is 24.2 Å². The lowest BCUT2D eigenvalue weighted by molar-refractivity contribution is -0.122. The van der Waals surface area contributed by atoms with Gasteiger partial charge in [0.25, 0.3) is 0 Å². The average Bonchev–Trinajstić information content (AvgIpc) is 2.85. The standard InChI is InChI=1S/C14H17F2NO2S/c15-11-3-1-10(7-12(11)16)2-4-13(18)17-8-14(19)5-6-20-9-14/h1,3,7,19H,2,4-6,8-9H2,(H,17,18). The third-order valence-electron chi connectivity index (χ3n) is 3.32. The Kier molecular flexibility index (Phi) is 4.99. The first kappa shape index (κ1) is 15.3. The smallest absolute Gasteiger partial charge is 0.220 e. The second-order valence-corrected chi connectivity index (χ2v) is 6.16. The molecule has 1 unspecified atom stereocenters. The fourth-order valence-corrected chi connectivity index (χ4v) is 3.34. The summed E-state index contributed by atoms with van der Waals surface area (Å²) in [6.45, 7) is 0.247. The third kappa shape index (κ3) is 4.18. The molecule has 0 aliphatic carbocycles. The Hall–Kier alpha value is -1.14. The summed E-state index contributed by atoms with van der Waals surface area (Å²) >= 11 is 1.67. The highest BCUT2D eigenvalue weighted by atomic mass is 32.2. The van der Waals surface area contributed by atoms with E-state index in [4.69, 9.17) is 0 Å². The number of benzene rings is 1. The summed E-state index contributed by atoms with van der Waals surface area (Å²) in [5.41, 5.74) is -0.225. The molecule has 0 spiro atoms. The van der Waals surface area contributed by atoms with E-state index >= 15 is 0 Å². The molecule has 1 atom stereocenters. The lowest BCUT2D eigenvalue weighted by Crippen LogP contribution is -2.43. The van der Waals surface area contributed by atoms with Gasteiger partial charge in [0, 0.05) is 18.7 Å². The van der Waals surface area contributed by atoms with Gasteiger partial charge in [-0.1, -0.05) is 6.07 Å². The van der Waals surface area contributed by atoms with Gasteiger partial charge < -0.3 is 10.4 Å². The van der Waals surface area contributed by atoms with Gasteiger partial charge in [0.05, 0.1) is 5.60 Å². The number of carbonyl (C=O) groups is 1. The minimum atomic E-state index is -0.903. The van der Waals surface area contributed by atoms with Crippen molar-refractivity contribution in [3.05, 3.63) is 35.4 Å². The van der Waals surface area contributed by atoms with Crippen molar-refractivity contribution in [2.24, 2.45) is 0 Å². The maximum Gasteiger partial charge on any atom is 0.220 e. The molecule has 20 heavy (non-hydrogen) atoms. The van der Waals surface area contributed by atoms with Gasteiger partial charge in [0.1, 0.15) is 0 Å². The second kappa shape index (κ2) is 6.54. The van der Waals surface area contributed by atoms with Crippen LogP contribution in [-0.4, -0.2) is 34.7 Å². The molecule has 3 nitrogen and oxygen atoms in total. The van der Waals surface area contributed by atoms with Crippen molar-refractivity contribution >= 4 is 17.7 Å². The molecule has 1 aliphatic heterocycles. The summed E-state index contributed by atoms with van der Waals surface area (Å²) in [4.78, 5) is 11.7. The van der Waals surface area contributed by atoms with Crippen LogP contribution in [0.25, 0.3) is 0 Å². The lowest BCUT2D eigenvalue weighted by atomic mass is 10.0. The fraction of sp³-hybridized carbons (Fsp3) is 0.500. The van der Waals surface area contributed by atoms with Crippen LogP contribution >= 0.6 is 11.8 Å². The van der Waals surface area contributed by atoms with Crippen molar-refractivity contribution in [2.75, 3.05) is 18.1 Å². The van der Waals surface area contributed by atoms with Gasteiger partial charge in [-0.25, -0.2) is 8.78 Å². The largest absolute Gasteiger partial charge is 0.387 e. The Balaban J connectivity index is 1.76. The van der Waals surface area contributed by atoms with Gasteiger partial charge in [-0.05, 0) is 36.3 Å². The molecule has 1 aliphatic rings. The summed E-state index contributed by atoms with van der Waals surface area (Å²) in [7, 11) is 0. The van der Waals surface area contributed by atoms with Crippen LogP contribution in [0.2, 0.25) is 0 Å². The normalized spacial score (nSPS) is 21.9. The van der Waals surface area contributed by atoms with Crippen molar-refractivity contribution in [1.29, 1.82) is 0 Å². The summed E-state index contributed by atoms with van der Waals surface area (Å²) in [5, 5.41) is 12.8. The van der Waals surface area contributed by atoms with Crippen LogP contribution in [0, 0.1) is 11.6 Å². The van der Waals surface area contributed by atoms with Crippen LogP contribution in [0.5, 0.6) is 0 Å². The number of thioether (sulfide) groups is 1. The van der Waals surface area contributed by atoms with Gasteiger partial charge in [-0.3, -0.25) is 4.79 Å². The molecule has 2 N–H and O–H groups in total. The number of nitrogens with one attached hydrogen (secondary N) is 1. The lowest BCUT2D eigenvalue weighted by Gasteiger charge is -2.21. The number of aliphatic hydroxyl groups is 1. The highest BCUT2D eigenvalue weighted by Crippen LogP contribution is 2.26. The quantitative estimate of drug-likeness (QED) is 0.873. The minimum Gasteiger partial charge on any atom is -0.387 e. The van der Waals surface area contributed by atoms with E-state index < -0.39 is 17.2 Å². The number of carbonyl (C=O) groups excluding carboxylic acids is 1. The van der Waals surface area contributed by atoms with Crippen molar-refractivity contribution in [3.63, 3.8) is 0 Å². The summed E-state index contributed by atoms with van der Waals surface area (Å²) < 4.78 is 25.7. The SMILES string of the molecule is O=C(CCc1ccc(F)c(F)c1)NCC1(O)CCSC1. The van der Waals surface area contributed by atoms with Crippen molar-refractivity contribution in [1.82, 2.24) is 5.32 Å². The van der Waals surface area contributed by atoms with Crippen molar-refractivity contribution in [2.45, 2.75) is 24.9 Å². The topological polar surface area (TPSA) is 49.3 Å². The number of amides is 1. The van der Waals surface area contributed by atoms with Crippen LogP contribution in [0.3, 0.4) is 0 Å². The zero-order valence-corrected chi connectivity index (χ0v) is 11.8. The zero-order valence-electron chi connectivity index (χ0n) is 11.0. The summed E-state index contributed by atoms with van der Waals surface area (Å²) in [5.74, 6) is -0.447. The number of aryl methyl sites for hydroxylation is 1. The molecule has 1 heterocycles. The van der Waals surface area contributed by atoms with E-state index in [1.165, 1.54) is 6.07 Å². The Morgan fingerprint density at radius 1 is 1.40 bits per heavy atom. The first-order valence-electron chi connectivity index (χ1n) is 6.49. The van der Waals surface area contributed by atoms with Crippen LogP contribution in [0.4, 0.5) is 8.78 Å². The van der Waals surface area contributed by atoms with Gasteiger partial charge in [0.2, 0.25) is 5.91 Å². The fourth-order valence-electron chi connectivity index (χ4n) is 2.04. The van der Waals surface area contributed by atoms with E-state index in [2.05, 4.69) is 5.32 Å². The Labute approximate surface area is 120 Å². The van der Waals surface area contributed by atoms with Crippen LogP contribution < -0.4 is 5.32 Å². The Bertz CT molecular complexity index is 490. The second-order valence-electron chi connectivity index (χ2n) is 5.05. The predicted octanol–water partition coefficient (Wildman–Crippen LogP) is 1.88. The van der Waals surface area contributed by atoms with E-state index in [1.54, 1.807) is 11.8 Å². The highest BCUT2D eigenvalue weighted by Gasteiger charge is 2.31. The highest BCUT2D eigenvalue weighted by molar-refractivity contribution is 7.99. The molecule has 1 aromatic carbocycles. The first-order valence-corrected chi connectivity index (χ1v) is 7.65. The molecule has 0 aromatic heterocycles.